The van der Waals surface area contributed by atoms with Crippen molar-refractivity contribution in [1.29, 1.82) is 0 Å². The van der Waals surface area contributed by atoms with Crippen molar-refractivity contribution in [2.75, 3.05) is 16.8 Å². The van der Waals surface area contributed by atoms with Gasteiger partial charge in [0.25, 0.3) is 0 Å². The van der Waals surface area contributed by atoms with E-state index in [1.807, 2.05) is 31.2 Å². The summed E-state index contributed by atoms with van der Waals surface area (Å²) in [5.74, 6) is -2.34. The van der Waals surface area contributed by atoms with Crippen molar-refractivity contribution >= 4 is 35.2 Å². The number of amides is 4. The summed E-state index contributed by atoms with van der Waals surface area (Å²) in [7, 11) is 0. The van der Waals surface area contributed by atoms with Crippen LogP contribution in [-0.4, -0.2) is 40.5 Å². The van der Waals surface area contributed by atoms with Gasteiger partial charge in [-0.1, -0.05) is 36.4 Å². The van der Waals surface area contributed by atoms with Crippen LogP contribution in [0.4, 0.5) is 16.2 Å². The lowest BCUT2D eigenvalue weighted by atomic mass is 10.0. The molecule has 0 radical (unpaired) electrons. The minimum atomic E-state index is -1.06. The fraction of sp³-hybridized carbons (Fsp3) is 0.250. The molecule has 2 aromatic carbocycles. The van der Waals surface area contributed by atoms with Gasteiger partial charge in [-0.3, -0.25) is 19.4 Å². The van der Waals surface area contributed by atoms with Crippen molar-refractivity contribution in [2.24, 2.45) is 5.92 Å². The zero-order chi connectivity index (χ0) is 27.1. The first-order valence-electron chi connectivity index (χ1n) is 12.2. The van der Waals surface area contributed by atoms with Crippen molar-refractivity contribution < 1.29 is 24.3 Å². The Morgan fingerprint density at radius 3 is 2.66 bits per heavy atom. The maximum Gasteiger partial charge on any atom is 0.319 e. The number of carbonyl (C=O) groups excluding carboxylic acids is 3. The number of aromatic nitrogens is 1. The fourth-order valence-electron chi connectivity index (χ4n) is 4.34. The summed E-state index contributed by atoms with van der Waals surface area (Å²) < 4.78 is 0. The quantitative estimate of drug-likeness (QED) is 0.344. The van der Waals surface area contributed by atoms with E-state index in [-0.39, 0.29) is 31.3 Å². The Balaban J connectivity index is 1.37. The number of carboxylic acid groups (broad SMARTS) is 1. The van der Waals surface area contributed by atoms with Gasteiger partial charge in [0.15, 0.2) is 0 Å². The van der Waals surface area contributed by atoms with Gasteiger partial charge in [0.05, 0.1) is 18.4 Å². The van der Waals surface area contributed by atoms with Gasteiger partial charge in [0, 0.05) is 43.3 Å². The maximum absolute atomic E-state index is 13.0. The van der Waals surface area contributed by atoms with E-state index in [2.05, 4.69) is 20.9 Å². The van der Waals surface area contributed by atoms with Gasteiger partial charge < -0.3 is 26.0 Å². The number of aliphatic carboxylic acids is 1. The van der Waals surface area contributed by atoms with Crippen molar-refractivity contribution in [3.63, 3.8) is 0 Å². The molecule has 38 heavy (non-hydrogen) atoms. The summed E-state index contributed by atoms with van der Waals surface area (Å²) in [6, 6.07) is 16.8. The van der Waals surface area contributed by atoms with Crippen molar-refractivity contribution in [3.05, 3.63) is 89.7 Å². The molecule has 2 atom stereocenters. The van der Waals surface area contributed by atoms with Crippen LogP contribution in [0, 0.1) is 12.8 Å². The minimum absolute atomic E-state index is 0.00671. The number of carboxylic acids is 1. The molecule has 1 aliphatic rings. The van der Waals surface area contributed by atoms with Crippen LogP contribution in [0.2, 0.25) is 0 Å². The molecule has 0 spiro atoms. The standard InChI is InChI=1S/C28H29N5O5/c1-18-6-2-3-7-19(18)16-30-28(38)31-22-9-4-10-23(13-22)33-17-21(12-25(33)34)27(37)32-24(14-26(35)36)20-8-5-11-29-15-20/h2-11,13,15,21,24H,12,14,16-17H2,1H3,(H,32,37)(H,35,36)(H2,30,31,38). The lowest BCUT2D eigenvalue weighted by Crippen LogP contribution is -2.36. The summed E-state index contributed by atoms with van der Waals surface area (Å²) >= 11 is 0. The molecule has 1 fully saturated rings. The predicted molar refractivity (Wildman–Crippen MR) is 141 cm³/mol. The average Bonchev–Trinajstić information content (AvgIpc) is 3.30. The van der Waals surface area contributed by atoms with E-state index in [0.717, 1.165) is 11.1 Å². The summed E-state index contributed by atoms with van der Waals surface area (Å²) in [6.45, 7) is 2.49. The first-order valence-corrected chi connectivity index (χ1v) is 12.2. The lowest BCUT2D eigenvalue weighted by Gasteiger charge is -2.20. The number of nitrogens with one attached hydrogen (secondary N) is 3. The van der Waals surface area contributed by atoms with Gasteiger partial charge in [-0.2, -0.15) is 0 Å². The normalized spacial score (nSPS) is 15.6. The molecule has 0 bridgehead atoms. The number of benzene rings is 2. The number of hydrogen-bond donors (Lipinski definition) is 4. The van der Waals surface area contributed by atoms with Crippen LogP contribution in [0.25, 0.3) is 0 Å². The molecular weight excluding hydrogens is 486 g/mol. The molecule has 0 aliphatic carbocycles. The van der Waals surface area contributed by atoms with Gasteiger partial charge in [0.2, 0.25) is 11.8 Å². The molecule has 10 nitrogen and oxygen atoms in total. The molecule has 10 heteroatoms. The molecule has 1 saturated heterocycles. The SMILES string of the molecule is Cc1ccccc1CNC(=O)Nc1cccc(N2CC(C(=O)NC(CC(=O)O)c3cccnc3)CC2=O)c1. The third-order valence-corrected chi connectivity index (χ3v) is 6.39. The first-order chi connectivity index (χ1) is 18.3. The van der Waals surface area contributed by atoms with Crippen molar-refractivity contribution in [1.82, 2.24) is 15.6 Å². The molecule has 196 valence electrons. The van der Waals surface area contributed by atoms with E-state index in [4.69, 9.17) is 0 Å². The van der Waals surface area contributed by atoms with Crippen LogP contribution in [0.15, 0.2) is 73.1 Å². The Morgan fingerprint density at radius 1 is 1.11 bits per heavy atom. The van der Waals surface area contributed by atoms with E-state index in [1.165, 1.54) is 11.1 Å². The largest absolute Gasteiger partial charge is 0.481 e. The van der Waals surface area contributed by atoms with E-state index in [1.54, 1.807) is 42.6 Å². The minimum Gasteiger partial charge on any atom is -0.481 e. The number of rotatable bonds is 9. The summed E-state index contributed by atoms with van der Waals surface area (Å²) in [5.41, 5.74) is 3.72. The summed E-state index contributed by atoms with van der Waals surface area (Å²) in [6.07, 6.45) is 2.76. The monoisotopic (exact) mass is 515 g/mol. The smallest absolute Gasteiger partial charge is 0.319 e. The van der Waals surface area contributed by atoms with E-state index in [9.17, 15) is 24.3 Å². The summed E-state index contributed by atoms with van der Waals surface area (Å²) in [4.78, 5) is 55.0. The number of anilines is 2. The topological polar surface area (TPSA) is 141 Å². The molecule has 2 unspecified atom stereocenters. The molecule has 4 amide bonds. The molecule has 1 aromatic heterocycles. The van der Waals surface area contributed by atoms with Gasteiger partial charge in [-0.15, -0.1) is 0 Å². The number of urea groups is 1. The second kappa shape index (κ2) is 12.0. The Bertz CT molecular complexity index is 1330. The molecule has 2 heterocycles. The molecule has 3 aromatic rings. The predicted octanol–water partition coefficient (Wildman–Crippen LogP) is 3.40. The van der Waals surface area contributed by atoms with Crippen LogP contribution in [0.3, 0.4) is 0 Å². The maximum atomic E-state index is 13.0. The Hall–Kier alpha value is -4.73. The van der Waals surface area contributed by atoms with Gasteiger partial charge in [0.1, 0.15) is 0 Å². The van der Waals surface area contributed by atoms with Crippen LogP contribution in [0.5, 0.6) is 0 Å². The van der Waals surface area contributed by atoms with E-state index >= 15 is 0 Å². The van der Waals surface area contributed by atoms with Crippen molar-refractivity contribution in [3.8, 4) is 0 Å². The highest BCUT2D eigenvalue weighted by Crippen LogP contribution is 2.28. The third-order valence-electron chi connectivity index (χ3n) is 6.39. The molecule has 4 N–H and O–H groups in total. The Labute approximate surface area is 220 Å². The second-order valence-electron chi connectivity index (χ2n) is 9.14. The highest BCUT2D eigenvalue weighted by atomic mass is 16.4. The van der Waals surface area contributed by atoms with E-state index < -0.39 is 23.8 Å². The molecule has 1 aliphatic heterocycles. The Kier molecular flexibility index (Phi) is 8.32. The fourth-order valence-corrected chi connectivity index (χ4v) is 4.34. The van der Waals surface area contributed by atoms with Crippen LogP contribution in [0.1, 0.15) is 35.6 Å². The second-order valence-corrected chi connectivity index (χ2v) is 9.14. The highest BCUT2D eigenvalue weighted by Gasteiger charge is 2.36. The first kappa shape index (κ1) is 26.3. The number of nitrogens with zero attached hydrogens (tertiary/aromatic N) is 2. The number of carbonyl (C=O) groups is 4. The van der Waals surface area contributed by atoms with Crippen molar-refractivity contribution in [2.45, 2.75) is 32.4 Å². The highest BCUT2D eigenvalue weighted by molar-refractivity contribution is 6.01. The zero-order valence-electron chi connectivity index (χ0n) is 20.9. The average molecular weight is 516 g/mol. The summed E-state index contributed by atoms with van der Waals surface area (Å²) in [5, 5.41) is 17.6. The van der Waals surface area contributed by atoms with Gasteiger partial charge >= 0.3 is 12.0 Å². The lowest BCUT2D eigenvalue weighted by molar-refractivity contribution is -0.138. The zero-order valence-corrected chi connectivity index (χ0v) is 20.9. The number of pyridine rings is 1. The molecule has 0 saturated carbocycles. The van der Waals surface area contributed by atoms with Crippen LogP contribution < -0.4 is 20.9 Å². The molecule has 4 rings (SSSR count). The van der Waals surface area contributed by atoms with E-state index in [0.29, 0.717) is 23.5 Å². The van der Waals surface area contributed by atoms with Gasteiger partial charge in [-0.05, 0) is 47.9 Å². The number of aryl methyl sites for hydroxylation is 1. The van der Waals surface area contributed by atoms with Crippen LogP contribution in [-0.2, 0) is 20.9 Å². The molecular formula is C28H29N5O5. The third kappa shape index (κ3) is 6.73. The van der Waals surface area contributed by atoms with Gasteiger partial charge in [-0.25, -0.2) is 4.79 Å². The van der Waals surface area contributed by atoms with Crippen LogP contribution >= 0.6 is 0 Å². The number of hydrogen-bond acceptors (Lipinski definition) is 5. The Morgan fingerprint density at radius 2 is 1.92 bits per heavy atom.